The molecule has 1 saturated heterocycles. The van der Waals surface area contributed by atoms with E-state index in [1.54, 1.807) is 23.0 Å². The van der Waals surface area contributed by atoms with E-state index in [0.29, 0.717) is 31.7 Å². The zero-order valence-electron chi connectivity index (χ0n) is 26.6. The van der Waals surface area contributed by atoms with E-state index in [-0.39, 0.29) is 38.1 Å². The lowest BCUT2D eigenvalue weighted by molar-refractivity contribution is -0.145. The molecule has 2 atom stereocenters. The normalized spacial score (nSPS) is 15.4. The maximum Gasteiger partial charge on any atom is 0.410 e. The molecule has 4 rings (SSSR count). The Labute approximate surface area is 265 Å². The van der Waals surface area contributed by atoms with Gasteiger partial charge >= 0.3 is 12.1 Å². The third kappa shape index (κ3) is 10.1. The third-order valence-electron chi connectivity index (χ3n) is 7.75. The molecule has 9 heteroatoms. The first-order chi connectivity index (χ1) is 21.5. The number of carbonyl (C=O) groups is 3. The van der Waals surface area contributed by atoms with E-state index in [2.05, 4.69) is 0 Å². The Hall–Kier alpha value is -4.37. The van der Waals surface area contributed by atoms with Crippen molar-refractivity contribution in [1.29, 1.82) is 0 Å². The number of carboxylic acids is 1. The molecule has 1 aliphatic rings. The van der Waals surface area contributed by atoms with Crippen molar-refractivity contribution in [2.45, 2.75) is 64.6 Å². The van der Waals surface area contributed by atoms with Gasteiger partial charge in [-0.2, -0.15) is 0 Å². The number of amides is 2. The van der Waals surface area contributed by atoms with Gasteiger partial charge in [-0.3, -0.25) is 9.59 Å². The number of ether oxygens (including phenoxy) is 3. The molecule has 0 aromatic heterocycles. The number of hydrogen-bond acceptors (Lipinski definition) is 6. The molecule has 0 aliphatic carbocycles. The summed E-state index contributed by atoms with van der Waals surface area (Å²) in [6.45, 7) is 6.59. The average molecular weight is 617 g/mol. The highest BCUT2D eigenvalue weighted by molar-refractivity contribution is 5.84. The third-order valence-corrected chi connectivity index (χ3v) is 7.75. The lowest BCUT2D eigenvalue weighted by Crippen LogP contribution is -2.43. The van der Waals surface area contributed by atoms with Crippen molar-refractivity contribution in [2.24, 2.45) is 5.92 Å². The van der Waals surface area contributed by atoms with Gasteiger partial charge in [-0.1, -0.05) is 66.7 Å². The molecule has 45 heavy (non-hydrogen) atoms. The van der Waals surface area contributed by atoms with Crippen molar-refractivity contribution >= 4 is 18.0 Å². The summed E-state index contributed by atoms with van der Waals surface area (Å²) in [5.74, 6) is -1.54. The van der Waals surface area contributed by atoms with Gasteiger partial charge in [-0.05, 0) is 74.4 Å². The van der Waals surface area contributed by atoms with E-state index in [4.69, 9.17) is 14.2 Å². The predicted octanol–water partition coefficient (Wildman–Crippen LogP) is 5.74. The van der Waals surface area contributed by atoms with Crippen LogP contribution >= 0.6 is 0 Å². The summed E-state index contributed by atoms with van der Waals surface area (Å²) >= 11 is 0. The Morgan fingerprint density at radius 3 is 2.27 bits per heavy atom. The van der Waals surface area contributed by atoms with Crippen molar-refractivity contribution in [1.82, 2.24) is 9.80 Å². The zero-order chi connectivity index (χ0) is 32.4. The molecule has 0 bridgehead atoms. The fourth-order valence-corrected chi connectivity index (χ4v) is 5.49. The highest BCUT2D eigenvalue weighted by atomic mass is 16.6. The molecular formula is C36H44N2O7. The van der Waals surface area contributed by atoms with Gasteiger partial charge in [0.1, 0.15) is 18.1 Å². The van der Waals surface area contributed by atoms with E-state index >= 15 is 0 Å². The fourth-order valence-electron chi connectivity index (χ4n) is 5.49. The average Bonchev–Trinajstić information content (AvgIpc) is 3.47. The van der Waals surface area contributed by atoms with E-state index in [1.165, 1.54) is 0 Å². The van der Waals surface area contributed by atoms with Crippen molar-refractivity contribution in [3.05, 3.63) is 101 Å². The van der Waals surface area contributed by atoms with E-state index in [0.717, 1.165) is 22.3 Å². The van der Waals surface area contributed by atoms with Crippen LogP contribution < -0.4 is 4.74 Å². The number of carbonyl (C=O) groups excluding carboxylic acids is 2. The zero-order valence-corrected chi connectivity index (χ0v) is 26.6. The van der Waals surface area contributed by atoms with Crippen LogP contribution in [0.2, 0.25) is 0 Å². The van der Waals surface area contributed by atoms with Crippen LogP contribution in [0.4, 0.5) is 4.79 Å². The first-order valence-electron chi connectivity index (χ1n) is 15.3. The number of hydrogen-bond donors (Lipinski definition) is 1. The Balaban J connectivity index is 1.59. The van der Waals surface area contributed by atoms with Crippen molar-refractivity contribution in [3.63, 3.8) is 0 Å². The van der Waals surface area contributed by atoms with Gasteiger partial charge in [0.25, 0.3) is 0 Å². The topological polar surface area (TPSA) is 106 Å². The molecule has 9 nitrogen and oxygen atoms in total. The van der Waals surface area contributed by atoms with Crippen LogP contribution in [-0.2, 0) is 44.9 Å². The summed E-state index contributed by atoms with van der Waals surface area (Å²) < 4.78 is 17.0. The van der Waals surface area contributed by atoms with Gasteiger partial charge < -0.3 is 29.1 Å². The summed E-state index contributed by atoms with van der Waals surface area (Å²) in [6.07, 6.45) is 0.634. The smallest absolute Gasteiger partial charge is 0.410 e. The van der Waals surface area contributed by atoms with Crippen molar-refractivity contribution in [2.75, 3.05) is 27.0 Å². The molecule has 2 amide bonds. The largest absolute Gasteiger partial charge is 0.497 e. The molecule has 0 spiro atoms. The minimum Gasteiger partial charge on any atom is -0.497 e. The summed E-state index contributed by atoms with van der Waals surface area (Å²) in [6, 6.07) is 25.1. The Bertz CT molecular complexity index is 1420. The molecule has 0 radical (unpaired) electrons. The summed E-state index contributed by atoms with van der Waals surface area (Å²) in [4.78, 5) is 42.7. The molecule has 1 aliphatic heterocycles. The number of aliphatic carboxylic acids is 1. The van der Waals surface area contributed by atoms with Crippen LogP contribution in [0.25, 0.3) is 0 Å². The standard InChI is InChI=1S/C36H44N2O7/c1-36(2,3)45-35(42)37(18-17-26-11-7-5-8-12-26)23-30-21-32(43-4)16-15-28(30)20-29(22-33(39)40)34(41)38-25-44-24-31(38)19-27-13-9-6-10-14-27/h5-16,21,29,31H,17-20,22-25H2,1-4H3,(H,39,40). The number of rotatable bonds is 13. The highest BCUT2D eigenvalue weighted by Crippen LogP contribution is 2.27. The van der Waals surface area contributed by atoms with Crippen molar-refractivity contribution < 1.29 is 33.7 Å². The summed E-state index contributed by atoms with van der Waals surface area (Å²) in [7, 11) is 1.57. The molecule has 1 N–H and O–H groups in total. The second-order valence-electron chi connectivity index (χ2n) is 12.4. The number of carboxylic acid groups (broad SMARTS) is 1. The maximum atomic E-state index is 13.9. The van der Waals surface area contributed by atoms with Crippen LogP contribution in [0.3, 0.4) is 0 Å². The minimum absolute atomic E-state index is 0.119. The maximum absolute atomic E-state index is 13.9. The van der Waals surface area contributed by atoms with E-state index < -0.39 is 23.6 Å². The SMILES string of the molecule is COc1ccc(CC(CC(=O)O)C(=O)N2COCC2Cc2ccccc2)c(CN(CCc2ccccc2)C(=O)OC(C)(C)C)c1. The molecule has 2 unspecified atom stereocenters. The molecular weight excluding hydrogens is 572 g/mol. The minimum atomic E-state index is -1.05. The van der Waals surface area contributed by atoms with Crippen LogP contribution in [0.5, 0.6) is 5.75 Å². The molecule has 3 aromatic carbocycles. The summed E-state index contributed by atoms with van der Waals surface area (Å²) in [5, 5.41) is 9.82. The van der Waals surface area contributed by atoms with Gasteiger partial charge in [0.2, 0.25) is 5.91 Å². The molecule has 1 heterocycles. The number of benzene rings is 3. The van der Waals surface area contributed by atoms with E-state index in [9.17, 15) is 19.5 Å². The lowest BCUT2D eigenvalue weighted by atomic mass is 9.91. The van der Waals surface area contributed by atoms with Crippen LogP contribution in [0, 0.1) is 5.92 Å². The van der Waals surface area contributed by atoms with Gasteiger partial charge in [0.05, 0.1) is 32.1 Å². The summed E-state index contributed by atoms with van der Waals surface area (Å²) in [5.41, 5.74) is 3.00. The Kier molecular flexibility index (Phi) is 11.6. The number of methoxy groups -OCH3 is 1. The van der Waals surface area contributed by atoms with Gasteiger partial charge in [-0.25, -0.2) is 4.79 Å². The van der Waals surface area contributed by atoms with E-state index in [1.807, 2.05) is 93.6 Å². The molecule has 1 fully saturated rings. The second-order valence-corrected chi connectivity index (χ2v) is 12.4. The van der Waals surface area contributed by atoms with Gasteiger partial charge in [-0.15, -0.1) is 0 Å². The van der Waals surface area contributed by atoms with Crippen LogP contribution in [0.1, 0.15) is 49.4 Å². The predicted molar refractivity (Wildman–Crippen MR) is 171 cm³/mol. The number of nitrogens with zero attached hydrogens (tertiary/aromatic N) is 2. The lowest BCUT2D eigenvalue weighted by Gasteiger charge is -2.29. The molecule has 0 saturated carbocycles. The Morgan fingerprint density at radius 1 is 0.978 bits per heavy atom. The van der Waals surface area contributed by atoms with Crippen molar-refractivity contribution in [3.8, 4) is 5.75 Å². The van der Waals surface area contributed by atoms with Gasteiger partial charge in [0.15, 0.2) is 0 Å². The first-order valence-corrected chi connectivity index (χ1v) is 15.3. The second kappa shape index (κ2) is 15.6. The quantitative estimate of drug-likeness (QED) is 0.261. The fraction of sp³-hybridized carbons (Fsp3) is 0.417. The highest BCUT2D eigenvalue weighted by Gasteiger charge is 2.35. The molecule has 240 valence electrons. The van der Waals surface area contributed by atoms with Crippen LogP contribution in [0.15, 0.2) is 78.9 Å². The van der Waals surface area contributed by atoms with Crippen LogP contribution in [-0.4, -0.2) is 71.5 Å². The van der Waals surface area contributed by atoms with Gasteiger partial charge in [0, 0.05) is 13.1 Å². The Morgan fingerprint density at radius 2 is 1.64 bits per heavy atom. The molecule has 3 aromatic rings. The monoisotopic (exact) mass is 616 g/mol. The first kappa shape index (κ1) is 33.5.